The molecule has 3 aromatic rings. The highest BCUT2D eigenvalue weighted by Gasteiger charge is 2.37. The molecule has 0 spiro atoms. The van der Waals surface area contributed by atoms with Crippen LogP contribution in [0.25, 0.3) is 11.2 Å². The summed E-state index contributed by atoms with van der Waals surface area (Å²) in [6.07, 6.45) is -2.39. The van der Waals surface area contributed by atoms with Gasteiger partial charge in [-0.2, -0.15) is 13.2 Å². The third kappa shape index (κ3) is 3.23. The molecule has 4 rings (SSSR count). The lowest BCUT2D eigenvalue weighted by molar-refractivity contribution is -0.144. The van der Waals surface area contributed by atoms with Crippen LogP contribution in [0.1, 0.15) is 11.4 Å². The highest BCUT2D eigenvalue weighted by Crippen LogP contribution is 2.33. The molecule has 1 N–H and O–H groups in total. The SMILES string of the molecule is CS(=O)(=O)N1CCN(c2nc(C(F)(F)F)nc3nc[nH]c23)Cc2ccccc21. The van der Waals surface area contributed by atoms with Gasteiger partial charge in [-0.1, -0.05) is 18.2 Å². The van der Waals surface area contributed by atoms with E-state index >= 15 is 0 Å². The van der Waals surface area contributed by atoms with Gasteiger partial charge < -0.3 is 9.88 Å². The molecule has 1 aromatic carbocycles. The summed E-state index contributed by atoms with van der Waals surface area (Å²) >= 11 is 0. The molecule has 0 amide bonds. The quantitative estimate of drug-likeness (QED) is 0.693. The van der Waals surface area contributed by atoms with E-state index in [9.17, 15) is 21.6 Å². The van der Waals surface area contributed by atoms with Gasteiger partial charge in [-0.3, -0.25) is 4.31 Å². The summed E-state index contributed by atoms with van der Waals surface area (Å²) in [5, 5.41) is 0. The topological polar surface area (TPSA) is 95.1 Å². The number of benzene rings is 1. The van der Waals surface area contributed by atoms with Crippen molar-refractivity contribution in [3.63, 3.8) is 0 Å². The normalized spacial score (nSPS) is 15.6. The van der Waals surface area contributed by atoms with Crippen LogP contribution in [0.15, 0.2) is 30.6 Å². The number of imidazole rings is 1. The van der Waals surface area contributed by atoms with Gasteiger partial charge in [-0.05, 0) is 11.6 Å². The van der Waals surface area contributed by atoms with Crippen LogP contribution in [0, 0.1) is 0 Å². The fourth-order valence-electron chi connectivity index (χ4n) is 3.20. The molecular weight excluding hydrogens is 397 g/mol. The number of rotatable bonds is 2. The van der Waals surface area contributed by atoms with E-state index in [1.807, 2.05) is 0 Å². The minimum atomic E-state index is -4.73. The third-order valence-corrected chi connectivity index (χ3v) is 5.59. The summed E-state index contributed by atoms with van der Waals surface area (Å²) in [7, 11) is -3.56. The summed E-state index contributed by atoms with van der Waals surface area (Å²) in [5.74, 6) is -1.26. The van der Waals surface area contributed by atoms with E-state index in [4.69, 9.17) is 0 Å². The van der Waals surface area contributed by atoms with Gasteiger partial charge in [0.2, 0.25) is 15.8 Å². The number of aromatic amines is 1. The van der Waals surface area contributed by atoms with Gasteiger partial charge in [0.15, 0.2) is 11.5 Å². The molecule has 1 aliphatic rings. The lowest BCUT2D eigenvalue weighted by Gasteiger charge is -2.23. The largest absolute Gasteiger partial charge is 0.451 e. The van der Waals surface area contributed by atoms with Crippen molar-refractivity contribution in [3.8, 4) is 0 Å². The summed E-state index contributed by atoms with van der Waals surface area (Å²) < 4.78 is 65.4. The fourth-order valence-corrected chi connectivity index (χ4v) is 4.15. The van der Waals surface area contributed by atoms with Crippen molar-refractivity contribution in [1.82, 2.24) is 19.9 Å². The second kappa shape index (κ2) is 6.33. The van der Waals surface area contributed by atoms with Crippen LogP contribution >= 0.6 is 0 Å². The Hall–Kier alpha value is -2.89. The van der Waals surface area contributed by atoms with Crippen molar-refractivity contribution in [2.75, 3.05) is 28.6 Å². The van der Waals surface area contributed by atoms with E-state index in [0.717, 1.165) is 6.26 Å². The van der Waals surface area contributed by atoms with Crippen molar-refractivity contribution < 1.29 is 21.6 Å². The van der Waals surface area contributed by atoms with Crippen molar-refractivity contribution >= 4 is 32.7 Å². The molecule has 0 atom stereocenters. The maximum absolute atomic E-state index is 13.2. The number of anilines is 2. The number of hydrogen-bond donors (Lipinski definition) is 1. The molecule has 0 saturated heterocycles. The highest BCUT2D eigenvalue weighted by molar-refractivity contribution is 7.92. The van der Waals surface area contributed by atoms with Gasteiger partial charge in [0.25, 0.3) is 0 Å². The number of aromatic nitrogens is 4. The Balaban J connectivity index is 1.85. The zero-order valence-electron chi connectivity index (χ0n) is 14.6. The molecule has 28 heavy (non-hydrogen) atoms. The van der Waals surface area contributed by atoms with Crippen LogP contribution in [0.3, 0.4) is 0 Å². The minimum Gasteiger partial charge on any atom is -0.348 e. The van der Waals surface area contributed by atoms with Crippen LogP contribution < -0.4 is 9.21 Å². The average molecular weight is 412 g/mol. The van der Waals surface area contributed by atoms with E-state index in [1.165, 1.54) is 10.6 Å². The third-order valence-electron chi connectivity index (χ3n) is 4.41. The molecule has 2 aromatic heterocycles. The molecule has 0 radical (unpaired) electrons. The summed E-state index contributed by atoms with van der Waals surface area (Å²) in [4.78, 5) is 15.4. The standard InChI is InChI=1S/C16H15F3N6O2S/c1-28(26,27)25-7-6-24(8-10-4-2-3-5-11(10)25)14-12-13(21-9-20-12)22-15(23-14)16(17,18)19/h2-5,9H,6-8H2,1H3,(H,20,21,22,23). The van der Waals surface area contributed by atoms with Crippen molar-refractivity contribution in [2.45, 2.75) is 12.7 Å². The van der Waals surface area contributed by atoms with Gasteiger partial charge in [-0.25, -0.2) is 23.4 Å². The Morgan fingerprint density at radius 3 is 2.61 bits per heavy atom. The first-order valence-electron chi connectivity index (χ1n) is 8.23. The number of alkyl halides is 3. The van der Waals surface area contributed by atoms with Crippen LogP contribution in [-0.2, 0) is 22.7 Å². The Morgan fingerprint density at radius 1 is 1.14 bits per heavy atom. The van der Waals surface area contributed by atoms with Crippen LogP contribution in [-0.4, -0.2) is 47.7 Å². The molecule has 1 aliphatic heterocycles. The molecule has 0 bridgehead atoms. The number of H-pyrrole nitrogens is 1. The lowest BCUT2D eigenvalue weighted by Crippen LogP contribution is -2.35. The lowest BCUT2D eigenvalue weighted by atomic mass is 10.1. The molecular formula is C16H15F3N6O2S. The predicted molar refractivity (Wildman–Crippen MR) is 96.4 cm³/mol. The average Bonchev–Trinajstić information content (AvgIpc) is 2.99. The van der Waals surface area contributed by atoms with Gasteiger partial charge in [-0.15, -0.1) is 0 Å². The number of hydrogen-bond acceptors (Lipinski definition) is 6. The van der Waals surface area contributed by atoms with Gasteiger partial charge in [0, 0.05) is 13.1 Å². The van der Waals surface area contributed by atoms with Crippen LogP contribution in [0.2, 0.25) is 0 Å². The minimum absolute atomic E-state index is 0.0278. The Morgan fingerprint density at radius 2 is 1.89 bits per heavy atom. The van der Waals surface area contributed by atoms with Crippen molar-refractivity contribution in [2.24, 2.45) is 0 Å². The van der Waals surface area contributed by atoms with Gasteiger partial charge in [0.05, 0.1) is 24.8 Å². The molecule has 12 heteroatoms. The second-order valence-electron chi connectivity index (χ2n) is 6.36. The summed E-state index contributed by atoms with van der Waals surface area (Å²) in [5.41, 5.74) is 1.32. The summed E-state index contributed by atoms with van der Waals surface area (Å²) in [6.45, 7) is 0.394. The van der Waals surface area contributed by atoms with E-state index in [1.54, 1.807) is 29.2 Å². The Labute approximate surface area is 158 Å². The monoisotopic (exact) mass is 412 g/mol. The fraction of sp³-hybridized carbons (Fsp3) is 0.312. The maximum atomic E-state index is 13.2. The van der Waals surface area contributed by atoms with E-state index < -0.39 is 22.0 Å². The molecule has 0 aliphatic carbocycles. The van der Waals surface area contributed by atoms with E-state index in [-0.39, 0.29) is 36.6 Å². The number of halogens is 3. The zero-order valence-corrected chi connectivity index (χ0v) is 15.4. The first-order valence-corrected chi connectivity index (χ1v) is 10.1. The van der Waals surface area contributed by atoms with Gasteiger partial charge >= 0.3 is 6.18 Å². The van der Waals surface area contributed by atoms with Gasteiger partial charge in [0.1, 0.15) is 5.52 Å². The number of nitrogens with zero attached hydrogens (tertiary/aromatic N) is 5. The predicted octanol–water partition coefficient (Wildman–Crippen LogP) is 2.16. The van der Waals surface area contributed by atoms with E-state index in [2.05, 4.69) is 19.9 Å². The molecule has 0 fully saturated rings. The number of para-hydroxylation sites is 1. The van der Waals surface area contributed by atoms with Crippen LogP contribution in [0.4, 0.5) is 24.7 Å². The molecule has 8 nitrogen and oxygen atoms in total. The Kier molecular flexibility index (Phi) is 4.17. The van der Waals surface area contributed by atoms with Crippen LogP contribution in [0.5, 0.6) is 0 Å². The number of fused-ring (bicyclic) bond motifs is 2. The molecule has 3 heterocycles. The smallest absolute Gasteiger partial charge is 0.348 e. The first-order chi connectivity index (χ1) is 13.1. The number of sulfonamides is 1. The van der Waals surface area contributed by atoms with E-state index in [0.29, 0.717) is 11.3 Å². The molecule has 148 valence electrons. The first kappa shape index (κ1) is 18.5. The van der Waals surface area contributed by atoms with Crippen molar-refractivity contribution in [1.29, 1.82) is 0 Å². The maximum Gasteiger partial charge on any atom is 0.451 e. The second-order valence-corrected chi connectivity index (χ2v) is 8.26. The number of nitrogens with one attached hydrogen (secondary N) is 1. The summed E-state index contributed by atoms with van der Waals surface area (Å²) in [6, 6.07) is 6.87. The molecule has 0 saturated carbocycles. The highest BCUT2D eigenvalue weighted by atomic mass is 32.2. The molecule has 0 unspecified atom stereocenters. The Bertz CT molecular complexity index is 1140. The van der Waals surface area contributed by atoms with Crippen molar-refractivity contribution in [3.05, 3.63) is 42.0 Å². The zero-order chi connectivity index (χ0) is 20.1.